The molecule has 7 rings (SSSR count). The van der Waals surface area contributed by atoms with Crippen LogP contribution < -0.4 is 10.6 Å². The van der Waals surface area contributed by atoms with E-state index in [-0.39, 0.29) is 53.4 Å². The van der Waals surface area contributed by atoms with Gasteiger partial charge in [0.15, 0.2) is 28.5 Å². The zero-order valence-electron chi connectivity index (χ0n) is 30.5. The Balaban J connectivity index is 0.991. The van der Waals surface area contributed by atoms with Crippen molar-refractivity contribution in [2.75, 3.05) is 0 Å². The van der Waals surface area contributed by atoms with Gasteiger partial charge in [0.2, 0.25) is 35.3 Å². The summed E-state index contributed by atoms with van der Waals surface area (Å²) in [6.45, 7) is 7.85. The molecular formula is C38H38N8O9. The quantitative estimate of drug-likeness (QED) is 0.0887. The number of hydrogen-bond donors (Lipinski definition) is 2. The Labute approximate surface area is 314 Å². The largest absolute Gasteiger partial charge is 0.446 e. The molecular weight excluding hydrogens is 712 g/mol. The van der Waals surface area contributed by atoms with Crippen LogP contribution in [0.15, 0.2) is 94.4 Å². The number of hydrogen-bond acceptors (Lipinski definition) is 15. The first-order valence-electron chi connectivity index (χ1n) is 17.7. The van der Waals surface area contributed by atoms with E-state index in [0.29, 0.717) is 35.1 Å². The number of aromatic nitrogens is 6. The maximum atomic E-state index is 13.3. The molecule has 2 N–H and O–H groups in total. The molecule has 0 bridgehead atoms. The van der Waals surface area contributed by atoms with Crippen molar-refractivity contribution < 1.29 is 40.8 Å². The van der Waals surface area contributed by atoms with Gasteiger partial charge in [-0.25, -0.2) is 34.7 Å². The van der Waals surface area contributed by atoms with E-state index in [1.165, 1.54) is 37.6 Å². The van der Waals surface area contributed by atoms with E-state index in [9.17, 15) is 9.59 Å². The smallest absolute Gasteiger partial charge is 0.408 e. The highest BCUT2D eigenvalue weighted by molar-refractivity contribution is 5.92. The third-order valence-electron chi connectivity index (χ3n) is 8.40. The van der Waals surface area contributed by atoms with Gasteiger partial charge in [-0.2, -0.15) is 0 Å². The lowest BCUT2D eigenvalue weighted by molar-refractivity contribution is 0.0911. The minimum atomic E-state index is -0.628. The maximum absolute atomic E-state index is 13.3. The fraction of sp³-hybridized carbons (Fsp3) is 0.316. The van der Waals surface area contributed by atoms with Gasteiger partial charge in [0.1, 0.15) is 56.3 Å². The maximum Gasteiger partial charge on any atom is 0.408 e. The molecule has 55 heavy (non-hydrogen) atoms. The minimum Gasteiger partial charge on any atom is -0.446 e. The number of alkyl carbamates (subject to hydrolysis) is 1. The van der Waals surface area contributed by atoms with E-state index in [2.05, 4.69) is 47.5 Å². The van der Waals surface area contributed by atoms with Gasteiger partial charge in [0.25, 0.3) is 5.91 Å². The zero-order valence-corrected chi connectivity index (χ0v) is 30.5. The van der Waals surface area contributed by atoms with Crippen molar-refractivity contribution in [2.24, 2.45) is 5.92 Å². The van der Waals surface area contributed by atoms with Gasteiger partial charge in [-0.05, 0) is 24.8 Å². The predicted molar refractivity (Wildman–Crippen MR) is 191 cm³/mol. The van der Waals surface area contributed by atoms with Crippen LogP contribution in [0.5, 0.6) is 0 Å². The number of unbranched alkanes of at least 4 members (excludes halogenated alkanes) is 2. The number of oxazole rings is 6. The number of carbonyl (C=O) groups is 2. The normalized spacial score (nSPS) is 12.5. The average molecular weight is 751 g/mol. The molecule has 0 aliphatic carbocycles. The van der Waals surface area contributed by atoms with Crippen molar-refractivity contribution in [1.29, 1.82) is 0 Å². The van der Waals surface area contributed by atoms with Gasteiger partial charge < -0.3 is 41.9 Å². The van der Waals surface area contributed by atoms with Gasteiger partial charge in [-0.15, -0.1) is 0 Å². The molecule has 7 aromatic rings. The first-order valence-corrected chi connectivity index (χ1v) is 17.7. The Morgan fingerprint density at radius 1 is 0.673 bits per heavy atom. The molecule has 6 heterocycles. The van der Waals surface area contributed by atoms with Crippen molar-refractivity contribution >= 4 is 12.0 Å². The second-order valence-corrected chi connectivity index (χ2v) is 13.0. The zero-order chi connectivity index (χ0) is 38.3. The van der Waals surface area contributed by atoms with Crippen LogP contribution in [0.2, 0.25) is 0 Å². The number of ether oxygens (including phenoxy) is 1. The molecule has 0 spiro atoms. The first kappa shape index (κ1) is 36.6. The highest BCUT2D eigenvalue weighted by Crippen LogP contribution is 2.30. The Kier molecular flexibility index (Phi) is 11.0. The van der Waals surface area contributed by atoms with Gasteiger partial charge in [-0.1, -0.05) is 70.4 Å². The van der Waals surface area contributed by atoms with Crippen LogP contribution >= 0.6 is 0 Å². The fourth-order valence-corrected chi connectivity index (χ4v) is 5.51. The summed E-state index contributed by atoms with van der Waals surface area (Å²) in [6.07, 6.45) is 11.1. The number of rotatable bonds is 16. The van der Waals surface area contributed by atoms with Crippen LogP contribution in [0.25, 0.3) is 46.3 Å². The van der Waals surface area contributed by atoms with E-state index >= 15 is 0 Å². The lowest BCUT2D eigenvalue weighted by Crippen LogP contribution is -2.32. The molecule has 0 radical (unpaired) electrons. The SMILES string of the molecule is CCCCCC(NC(=O)OCc1ccccc1)c1nc(-c2nc(-c3nc(C(=O)NC(c4nc(-c5nc(-c6nc(C)co6)co5)co4)C(C)C)co3)co2)co1. The van der Waals surface area contributed by atoms with E-state index in [1.807, 2.05) is 44.2 Å². The van der Waals surface area contributed by atoms with Gasteiger partial charge in [0, 0.05) is 0 Å². The lowest BCUT2D eigenvalue weighted by atomic mass is 10.0. The van der Waals surface area contributed by atoms with Gasteiger partial charge in [0.05, 0.1) is 5.69 Å². The summed E-state index contributed by atoms with van der Waals surface area (Å²) in [6, 6.07) is 8.24. The molecule has 17 nitrogen and oxygen atoms in total. The van der Waals surface area contributed by atoms with Crippen LogP contribution in [0, 0.1) is 12.8 Å². The molecule has 284 valence electrons. The van der Waals surface area contributed by atoms with E-state index in [0.717, 1.165) is 24.8 Å². The molecule has 0 saturated carbocycles. The predicted octanol–water partition coefficient (Wildman–Crippen LogP) is 8.27. The van der Waals surface area contributed by atoms with Crippen molar-refractivity contribution in [2.45, 2.75) is 72.1 Å². The standard InChI is InChI=1S/C38H38N8O9/c1-5-6-8-13-24(45-38(48)55-15-23-11-9-7-10-12-23)32-41-28(18-51-32)35-43-27(19-53-35)34-40-25(16-50-34)31(47)46-30(21(2)3)37-44-29(20-54-37)36-42-26(17-52-36)33-39-22(4)14-49-33/h7,9-12,14,16-21,24,30H,5-6,8,13,15H2,1-4H3,(H,45,48)(H,46,47). The summed E-state index contributed by atoms with van der Waals surface area (Å²) in [5.41, 5.74) is 2.84. The topological polar surface area (TPSA) is 224 Å². The van der Waals surface area contributed by atoms with Crippen molar-refractivity contribution in [1.82, 2.24) is 40.5 Å². The summed E-state index contributed by atoms with van der Waals surface area (Å²) in [7, 11) is 0. The van der Waals surface area contributed by atoms with Crippen LogP contribution in [-0.2, 0) is 11.3 Å². The Hall–Kier alpha value is -6.78. The number of amides is 2. The third-order valence-corrected chi connectivity index (χ3v) is 8.40. The molecule has 17 heteroatoms. The monoisotopic (exact) mass is 750 g/mol. The van der Waals surface area contributed by atoms with Crippen LogP contribution in [0.4, 0.5) is 4.79 Å². The highest BCUT2D eigenvalue weighted by Gasteiger charge is 2.28. The summed E-state index contributed by atoms with van der Waals surface area (Å²) < 4.78 is 39.1. The highest BCUT2D eigenvalue weighted by atomic mass is 16.5. The summed E-state index contributed by atoms with van der Waals surface area (Å²) >= 11 is 0. The molecule has 6 aromatic heterocycles. The van der Waals surface area contributed by atoms with E-state index < -0.39 is 24.1 Å². The first-order chi connectivity index (χ1) is 26.7. The van der Waals surface area contributed by atoms with Crippen LogP contribution in [-0.4, -0.2) is 41.9 Å². The number of nitrogens with zero attached hydrogens (tertiary/aromatic N) is 6. The number of carbonyl (C=O) groups excluding carboxylic acids is 2. The average Bonchev–Trinajstić information content (AvgIpc) is 4.03. The lowest BCUT2D eigenvalue weighted by Gasteiger charge is -2.18. The van der Waals surface area contributed by atoms with Gasteiger partial charge in [-0.3, -0.25) is 4.79 Å². The molecule has 0 fully saturated rings. The number of benzene rings is 1. The van der Waals surface area contributed by atoms with Crippen molar-refractivity contribution in [3.8, 4) is 46.3 Å². The second kappa shape index (κ2) is 16.5. The second-order valence-electron chi connectivity index (χ2n) is 13.0. The van der Waals surface area contributed by atoms with E-state index in [4.69, 9.17) is 31.2 Å². The third kappa shape index (κ3) is 8.72. The molecule has 2 amide bonds. The van der Waals surface area contributed by atoms with Crippen LogP contribution in [0.1, 0.15) is 92.1 Å². The van der Waals surface area contributed by atoms with Crippen LogP contribution in [0.3, 0.4) is 0 Å². The van der Waals surface area contributed by atoms with E-state index in [1.54, 1.807) is 6.92 Å². The molecule has 0 saturated heterocycles. The molecule has 2 unspecified atom stereocenters. The summed E-state index contributed by atoms with van der Waals surface area (Å²) in [4.78, 5) is 52.5. The van der Waals surface area contributed by atoms with Gasteiger partial charge >= 0.3 is 6.09 Å². The number of aryl methyl sites for hydroxylation is 1. The number of nitrogens with one attached hydrogen (secondary N) is 2. The Bertz CT molecular complexity index is 2330. The summed E-state index contributed by atoms with van der Waals surface area (Å²) in [5.74, 6) is 0.567. The fourth-order valence-electron chi connectivity index (χ4n) is 5.51. The minimum absolute atomic E-state index is 0.000526. The van der Waals surface area contributed by atoms with Crippen molar-refractivity contribution in [3.63, 3.8) is 0 Å². The molecule has 0 aliphatic rings. The Morgan fingerprint density at radius 3 is 1.91 bits per heavy atom. The molecule has 2 atom stereocenters. The van der Waals surface area contributed by atoms with Crippen molar-refractivity contribution in [3.05, 3.63) is 96.6 Å². The summed E-state index contributed by atoms with van der Waals surface area (Å²) in [5, 5.41) is 5.77. The molecule has 1 aromatic carbocycles. The Morgan fingerprint density at radius 2 is 1.25 bits per heavy atom. The molecule has 0 aliphatic heterocycles.